The van der Waals surface area contributed by atoms with Gasteiger partial charge in [0.15, 0.2) is 0 Å². The van der Waals surface area contributed by atoms with E-state index in [2.05, 4.69) is 42.0 Å². The Balaban J connectivity index is 1.85. The number of rotatable bonds is 8. The molecule has 2 unspecified atom stereocenters. The van der Waals surface area contributed by atoms with Gasteiger partial charge in [-0.25, -0.2) is 0 Å². The van der Waals surface area contributed by atoms with Crippen molar-refractivity contribution in [3.63, 3.8) is 0 Å². The van der Waals surface area contributed by atoms with E-state index in [9.17, 15) is 4.79 Å². The minimum atomic E-state index is -0.858. The third-order valence-corrected chi connectivity index (χ3v) is 4.81. The monoisotopic (exact) mass is 390 g/mol. The van der Waals surface area contributed by atoms with Gasteiger partial charge in [0.05, 0.1) is 24.1 Å². The summed E-state index contributed by atoms with van der Waals surface area (Å²) in [6, 6.07) is 13.7. The molecule has 0 saturated carbocycles. The van der Waals surface area contributed by atoms with E-state index in [1.165, 1.54) is 0 Å². The van der Waals surface area contributed by atoms with Gasteiger partial charge in [-0.05, 0) is 43.0 Å². The molecular formula is C24H26N2O3. The average Bonchev–Trinajstić information content (AvgIpc) is 3.16. The van der Waals surface area contributed by atoms with Crippen LogP contribution in [0.25, 0.3) is 10.9 Å². The number of carboxylic acids is 1. The van der Waals surface area contributed by atoms with E-state index in [1.54, 1.807) is 6.92 Å². The van der Waals surface area contributed by atoms with E-state index < -0.39 is 5.97 Å². The summed E-state index contributed by atoms with van der Waals surface area (Å²) in [5.74, 6) is 5.83. The minimum Gasteiger partial charge on any atom is -0.486 e. The SMILES string of the molecule is CC#CC(CC(=O)O)c1ccc(OC(CC(C)C)c2cccc3[nH]ncc23)cc1. The van der Waals surface area contributed by atoms with E-state index in [-0.39, 0.29) is 18.4 Å². The van der Waals surface area contributed by atoms with Crippen LogP contribution in [0.2, 0.25) is 0 Å². The van der Waals surface area contributed by atoms with Crippen LogP contribution < -0.4 is 4.74 Å². The fourth-order valence-electron chi connectivity index (χ4n) is 3.48. The number of benzene rings is 2. The molecule has 0 aliphatic carbocycles. The molecule has 0 fully saturated rings. The molecule has 1 heterocycles. The minimum absolute atomic E-state index is 0.0144. The van der Waals surface area contributed by atoms with Crippen molar-refractivity contribution in [3.05, 3.63) is 59.8 Å². The Bertz CT molecular complexity index is 1030. The number of fused-ring (bicyclic) bond motifs is 1. The molecule has 2 atom stereocenters. The summed E-state index contributed by atoms with van der Waals surface area (Å²) >= 11 is 0. The predicted molar refractivity (Wildman–Crippen MR) is 114 cm³/mol. The summed E-state index contributed by atoms with van der Waals surface area (Å²) in [6.07, 6.45) is 2.59. The zero-order chi connectivity index (χ0) is 20.8. The topological polar surface area (TPSA) is 75.2 Å². The number of hydrogen-bond acceptors (Lipinski definition) is 3. The Morgan fingerprint density at radius 3 is 2.62 bits per heavy atom. The summed E-state index contributed by atoms with van der Waals surface area (Å²) in [5, 5.41) is 17.4. The molecule has 0 spiro atoms. The first-order chi connectivity index (χ1) is 14.0. The fourth-order valence-corrected chi connectivity index (χ4v) is 3.48. The maximum absolute atomic E-state index is 11.1. The van der Waals surface area contributed by atoms with E-state index >= 15 is 0 Å². The highest BCUT2D eigenvalue weighted by atomic mass is 16.5. The number of aromatic nitrogens is 2. The van der Waals surface area contributed by atoms with Crippen LogP contribution in [-0.2, 0) is 4.79 Å². The molecule has 0 aliphatic heterocycles. The first kappa shape index (κ1) is 20.5. The standard InChI is InChI=1S/C24H26N2O3/c1-4-6-18(14-24(27)28)17-9-11-19(12-10-17)29-23(13-16(2)3)20-7-5-8-22-21(20)15-25-26-22/h5,7-12,15-16,18,23H,13-14H2,1-3H3,(H,25,26)(H,27,28). The first-order valence-corrected chi connectivity index (χ1v) is 9.80. The summed E-state index contributed by atoms with van der Waals surface area (Å²) in [4.78, 5) is 11.1. The van der Waals surface area contributed by atoms with Crippen LogP contribution >= 0.6 is 0 Å². The Morgan fingerprint density at radius 1 is 1.21 bits per heavy atom. The quantitative estimate of drug-likeness (QED) is 0.511. The van der Waals surface area contributed by atoms with Crippen LogP contribution in [0.5, 0.6) is 5.75 Å². The molecule has 3 rings (SSSR count). The number of hydrogen-bond donors (Lipinski definition) is 2. The lowest BCUT2D eigenvalue weighted by Gasteiger charge is -2.22. The third kappa shape index (κ3) is 5.17. The Labute approximate surface area is 171 Å². The molecule has 3 aromatic rings. The van der Waals surface area contributed by atoms with Crippen molar-refractivity contribution in [2.45, 2.75) is 45.6 Å². The van der Waals surface area contributed by atoms with Crippen molar-refractivity contribution in [1.29, 1.82) is 0 Å². The van der Waals surface area contributed by atoms with E-state index in [0.29, 0.717) is 5.92 Å². The van der Waals surface area contributed by atoms with Crippen molar-refractivity contribution in [2.24, 2.45) is 5.92 Å². The third-order valence-electron chi connectivity index (χ3n) is 4.81. The van der Waals surface area contributed by atoms with Crippen LogP contribution in [0.1, 0.15) is 56.8 Å². The highest BCUT2D eigenvalue weighted by Crippen LogP contribution is 2.32. The van der Waals surface area contributed by atoms with Crippen LogP contribution in [0.4, 0.5) is 0 Å². The average molecular weight is 390 g/mol. The maximum atomic E-state index is 11.1. The van der Waals surface area contributed by atoms with Crippen molar-refractivity contribution in [1.82, 2.24) is 10.2 Å². The summed E-state index contributed by atoms with van der Waals surface area (Å²) in [7, 11) is 0. The van der Waals surface area contributed by atoms with E-state index in [1.807, 2.05) is 42.6 Å². The number of aromatic amines is 1. The van der Waals surface area contributed by atoms with Crippen molar-refractivity contribution >= 4 is 16.9 Å². The highest BCUT2D eigenvalue weighted by molar-refractivity contribution is 5.82. The lowest BCUT2D eigenvalue weighted by molar-refractivity contribution is -0.137. The molecule has 2 aromatic carbocycles. The van der Waals surface area contributed by atoms with Gasteiger partial charge in [0.1, 0.15) is 11.9 Å². The van der Waals surface area contributed by atoms with Crippen LogP contribution in [0.15, 0.2) is 48.7 Å². The van der Waals surface area contributed by atoms with Crippen LogP contribution in [-0.4, -0.2) is 21.3 Å². The molecule has 0 aliphatic rings. The molecule has 5 heteroatoms. The Kier molecular flexibility index (Phi) is 6.56. The molecule has 29 heavy (non-hydrogen) atoms. The number of carbonyl (C=O) groups is 1. The molecule has 150 valence electrons. The van der Waals surface area contributed by atoms with Gasteiger partial charge < -0.3 is 9.84 Å². The molecule has 1 aromatic heterocycles. The van der Waals surface area contributed by atoms with E-state index in [0.717, 1.165) is 34.2 Å². The predicted octanol–water partition coefficient (Wildman–Crippen LogP) is 5.31. The molecule has 2 N–H and O–H groups in total. The van der Waals surface area contributed by atoms with Gasteiger partial charge in [-0.15, -0.1) is 5.92 Å². The lowest BCUT2D eigenvalue weighted by atomic mass is 9.95. The van der Waals surface area contributed by atoms with Gasteiger partial charge >= 0.3 is 5.97 Å². The van der Waals surface area contributed by atoms with Crippen LogP contribution in [0, 0.1) is 17.8 Å². The normalized spacial score (nSPS) is 13.0. The van der Waals surface area contributed by atoms with Gasteiger partial charge in [-0.1, -0.05) is 44.0 Å². The van der Waals surface area contributed by atoms with Gasteiger partial charge in [0.2, 0.25) is 0 Å². The lowest BCUT2D eigenvalue weighted by Crippen LogP contribution is -2.11. The number of nitrogens with zero attached hydrogens (tertiary/aromatic N) is 1. The highest BCUT2D eigenvalue weighted by Gasteiger charge is 2.19. The van der Waals surface area contributed by atoms with Crippen molar-refractivity contribution in [2.75, 3.05) is 0 Å². The number of nitrogens with one attached hydrogen (secondary N) is 1. The second-order valence-electron chi connectivity index (χ2n) is 7.53. The number of aliphatic carboxylic acids is 1. The van der Waals surface area contributed by atoms with E-state index in [4.69, 9.17) is 9.84 Å². The maximum Gasteiger partial charge on any atom is 0.304 e. The molecule has 0 radical (unpaired) electrons. The molecule has 0 bridgehead atoms. The van der Waals surface area contributed by atoms with Crippen LogP contribution in [0.3, 0.4) is 0 Å². The molecule has 5 nitrogen and oxygen atoms in total. The van der Waals surface area contributed by atoms with Gasteiger partial charge in [-0.2, -0.15) is 5.10 Å². The Hall–Kier alpha value is -3.26. The van der Waals surface area contributed by atoms with Crippen molar-refractivity contribution in [3.8, 4) is 17.6 Å². The second-order valence-corrected chi connectivity index (χ2v) is 7.53. The molecule has 0 amide bonds. The Morgan fingerprint density at radius 2 is 1.97 bits per heavy atom. The zero-order valence-corrected chi connectivity index (χ0v) is 17.0. The van der Waals surface area contributed by atoms with Crippen molar-refractivity contribution < 1.29 is 14.6 Å². The largest absolute Gasteiger partial charge is 0.486 e. The van der Waals surface area contributed by atoms with Gasteiger partial charge in [0, 0.05) is 10.9 Å². The zero-order valence-electron chi connectivity index (χ0n) is 17.0. The second kappa shape index (κ2) is 9.29. The molecular weight excluding hydrogens is 364 g/mol. The number of carboxylic acid groups (broad SMARTS) is 1. The van der Waals surface area contributed by atoms with Gasteiger partial charge in [0.25, 0.3) is 0 Å². The van der Waals surface area contributed by atoms with Gasteiger partial charge in [-0.3, -0.25) is 9.89 Å². The summed E-state index contributed by atoms with van der Waals surface area (Å²) in [6.45, 7) is 6.07. The summed E-state index contributed by atoms with van der Waals surface area (Å²) < 4.78 is 6.37. The number of ether oxygens (including phenoxy) is 1. The fraction of sp³-hybridized carbons (Fsp3) is 0.333. The number of H-pyrrole nitrogens is 1. The smallest absolute Gasteiger partial charge is 0.304 e. The molecule has 0 saturated heterocycles. The summed E-state index contributed by atoms with van der Waals surface area (Å²) in [5.41, 5.74) is 2.98. The first-order valence-electron chi connectivity index (χ1n) is 9.80.